The largest absolute Gasteiger partial charge is 0.369 e. The highest BCUT2D eigenvalue weighted by atomic mass is 32.2. The Bertz CT molecular complexity index is 593. The van der Waals surface area contributed by atoms with Crippen LogP contribution in [0.2, 0.25) is 0 Å². The van der Waals surface area contributed by atoms with Crippen LogP contribution in [0, 0.1) is 10.1 Å². The van der Waals surface area contributed by atoms with E-state index in [0.29, 0.717) is 15.7 Å². The Balaban J connectivity index is 2.17. The van der Waals surface area contributed by atoms with Gasteiger partial charge in [-0.25, -0.2) is 0 Å². The van der Waals surface area contributed by atoms with E-state index in [1.807, 2.05) is 0 Å². The summed E-state index contributed by atoms with van der Waals surface area (Å²) in [4.78, 5) is 11.6. The fraction of sp³-hybridized carbons (Fsp3) is 0.429. The number of hydrogen-bond acceptors (Lipinski definition) is 5. The van der Waals surface area contributed by atoms with Crippen molar-refractivity contribution < 1.29 is 4.92 Å². The maximum absolute atomic E-state index is 11.3. The summed E-state index contributed by atoms with van der Waals surface area (Å²) in [5.41, 5.74) is 11.0. The van der Waals surface area contributed by atoms with Crippen molar-refractivity contribution in [2.45, 2.75) is 42.2 Å². The molecule has 2 rings (SSSR count). The third-order valence-electron chi connectivity index (χ3n) is 3.41. The number of nitrogens with two attached hydrogens (primary N) is 2. The van der Waals surface area contributed by atoms with E-state index in [4.69, 9.17) is 11.5 Å². The van der Waals surface area contributed by atoms with Crippen molar-refractivity contribution in [3.63, 3.8) is 0 Å². The van der Waals surface area contributed by atoms with E-state index in [1.54, 1.807) is 23.9 Å². The van der Waals surface area contributed by atoms with Crippen LogP contribution in [0.25, 0.3) is 0 Å². The second kappa shape index (κ2) is 7.79. The van der Waals surface area contributed by atoms with E-state index >= 15 is 0 Å². The SMILES string of the molecule is NC(N)=NN=Cc1ccc(SC2CCCCC2)c([N+](=O)[O-])c1. The molecule has 0 aromatic heterocycles. The summed E-state index contributed by atoms with van der Waals surface area (Å²) in [6.07, 6.45) is 7.30. The average Bonchev–Trinajstić information content (AvgIpc) is 2.49. The van der Waals surface area contributed by atoms with Crippen LogP contribution in [0.1, 0.15) is 37.7 Å². The molecule has 1 aromatic carbocycles. The zero-order chi connectivity index (χ0) is 15.9. The molecule has 0 aliphatic heterocycles. The van der Waals surface area contributed by atoms with Crippen LogP contribution in [-0.4, -0.2) is 22.3 Å². The predicted octanol–water partition coefficient (Wildman–Crippen LogP) is 2.63. The number of hydrogen-bond donors (Lipinski definition) is 2. The van der Waals surface area contributed by atoms with Gasteiger partial charge in [0.15, 0.2) is 0 Å². The smallest absolute Gasteiger partial charge is 0.283 e. The van der Waals surface area contributed by atoms with Gasteiger partial charge in [0, 0.05) is 16.9 Å². The molecular weight excluding hydrogens is 302 g/mol. The molecule has 7 nitrogen and oxygen atoms in total. The molecule has 0 unspecified atom stereocenters. The molecule has 1 aliphatic rings. The van der Waals surface area contributed by atoms with Crippen LogP contribution in [0.4, 0.5) is 5.69 Å². The summed E-state index contributed by atoms with van der Waals surface area (Å²) in [7, 11) is 0. The van der Waals surface area contributed by atoms with Crippen LogP contribution in [-0.2, 0) is 0 Å². The molecule has 1 saturated carbocycles. The Morgan fingerprint density at radius 2 is 2.05 bits per heavy atom. The lowest BCUT2D eigenvalue weighted by atomic mass is 10.0. The zero-order valence-electron chi connectivity index (χ0n) is 12.1. The third-order valence-corrected chi connectivity index (χ3v) is 4.81. The van der Waals surface area contributed by atoms with E-state index in [0.717, 1.165) is 12.8 Å². The summed E-state index contributed by atoms with van der Waals surface area (Å²) in [5, 5.41) is 18.9. The van der Waals surface area contributed by atoms with Gasteiger partial charge in [-0.1, -0.05) is 25.3 Å². The molecule has 0 radical (unpaired) electrons. The van der Waals surface area contributed by atoms with E-state index < -0.39 is 0 Å². The minimum atomic E-state index is -0.358. The van der Waals surface area contributed by atoms with E-state index in [1.165, 1.54) is 31.5 Å². The lowest BCUT2D eigenvalue weighted by Crippen LogP contribution is -2.21. The fourth-order valence-electron chi connectivity index (χ4n) is 2.38. The molecule has 8 heteroatoms. The molecule has 0 bridgehead atoms. The minimum Gasteiger partial charge on any atom is -0.369 e. The first kappa shape index (κ1) is 16.3. The van der Waals surface area contributed by atoms with Gasteiger partial charge >= 0.3 is 0 Å². The molecule has 1 aromatic rings. The first-order chi connectivity index (χ1) is 10.6. The number of rotatable bonds is 5. The molecule has 22 heavy (non-hydrogen) atoms. The van der Waals surface area contributed by atoms with E-state index in [9.17, 15) is 10.1 Å². The summed E-state index contributed by atoms with van der Waals surface area (Å²) >= 11 is 1.60. The van der Waals surface area contributed by atoms with Crippen LogP contribution < -0.4 is 11.5 Å². The second-order valence-electron chi connectivity index (χ2n) is 5.13. The molecule has 4 N–H and O–H groups in total. The number of guanidine groups is 1. The minimum absolute atomic E-state index is 0.101. The van der Waals surface area contributed by atoms with Crippen molar-refractivity contribution in [1.82, 2.24) is 0 Å². The van der Waals surface area contributed by atoms with Crippen molar-refractivity contribution in [3.05, 3.63) is 33.9 Å². The van der Waals surface area contributed by atoms with Crippen molar-refractivity contribution in [2.75, 3.05) is 0 Å². The van der Waals surface area contributed by atoms with Crippen LogP contribution >= 0.6 is 11.8 Å². The summed E-state index contributed by atoms with van der Waals surface area (Å²) < 4.78 is 0. The third kappa shape index (κ3) is 4.73. The maximum atomic E-state index is 11.3. The second-order valence-corrected chi connectivity index (χ2v) is 6.47. The average molecular weight is 321 g/mol. The van der Waals surface area contributed by atoms with E-state index in [-0.39, 0.29) is 16.6 Å². The number of nitro benzene ring substituents is 1. The van der Waals surface area contributed by atoms with Gasteiger partial charge in [-0.2, -0.15) is 5.10 Å². The Kier molecular flexibility index (Phi) is 5.76. The van der Waals surface area contributed by atoms with Gasteiger partial charge in [0.1, 0.15) is 0 Å². The standard InChI is InChI=1S/C14H19N5O2S/c15-14(16)18-17-9-10-6-7-13(12(8-10)19(20)21)22-11-4-2-1-3-5-11/h6-9,11H,1-5H2,(H4,15,16,18). The topological polar surface area (TPSA) is 120 Å². The number of benzene rings is 1. The predicted molar refractivity (Wildman–Crippen MR) is 89.2 cm³/mol. The molecule has 0 amide bonds. The number of nitro groups is 1. The zero-order valence-corrected chi connectivity index (χ0v) is 13.0. The van der Waals surface area contributed by atoms with Gasteiger partial charge < -0.3 is 11.5 Å². The number of nitrogens with zero attached hydrogens (tertiary/aromatic N) is 3. The quantitative estimate of drug-likeness (QED) is 0.374. The van der Waals surface area contributed by atoms with Gasteiger partial charge in [0.2, 0.25) is 5.96 Å². The van der Waals surface area contributed by atoms with Gasteiger partial charge in [-0.3, -0.25) is 10.1 Å². The highest BCUT2D eigenvalue weighted by molar-refractivity contribution is 8.00. The normalized spacial score (nSPS) is 15.8. The lowest BCUT2D eigenvalue weighted by Gasteiger charge is -2.20. The fourth-order valence-corrected chi connectivity index (χ4v) is 3.71. The van der Waals surface area contributed by atoms with Gasteiger partial charge in [-0.05, 0) is 18.9 Å². The molecule has 118 valence electrons. The van der Waals surface area contributed by atoms with Gasteiger partial charge in [0.25, 0.3) is 5.69 Å². The molecule has 1 aliphatic carbocycles. The molecule has 0 atom stereocenters. The van der Waals surface area contributed by atoms with Crippen molar-refractivity contribution >= 4 is 29.6 Å². The van der Waals surface area contributed by atoms with Crippen molar-refractivity contribution in [1.29, 1.82) is 0 Å². The monoisotopic (exact) mass is 321 g/mol. The summed E-state index contributed by atoms with van der Waals surface area (Å²) in [6, 6.07) is 5.05. The van der Waals surface area contributed by atoms with Crippen LogP contribution in [0.5, 0.6) is 0 Å². The highest BCUT2D eigenvalue weighted by Crippen LogP contribution is 2.38. The van der Waals surface area contributed by atoms with Crippen LogP contribution in [0.3, 0.4) is 0 Å². The molecular formula is C14H19N5O2S. The first-order valence-corrected chi connectivity index (χ1v) is 8.01. The molecule has 0 saturated heterocycles. The lowest BCUT2D eigenvalue weighted by molar-refractivity contribution is -0.387. The maximum Gasteiger partial charge on any atom is 0.283 e. The Morgan fingerprint density at radius 3 is 2.68 bits per heavy atom. The molecule has 1 fully saturated rings. The first-order valence-electron chi connectivity index (χ1n) is 7.13. The molecule has 0 spiro atoms. The van der Waals surface area contributed by atoms with Gasteiger partial charge in [-0.15, -0.1) is 16.9 Å². The van der Waals surface area contributed by atoms with Gasteiger partial charge in [0.05, 0.1) is 16.0 Å². The summed E-state index contributed by atoms with van der Waals surface area (Å²) in [6.45, 7) is 0. The highest BCUT2D eigenvalue weighted by Gasteiger charge is 2.20. The molecule has 0 heterocycles. The summed E-state index contributed by atoms with van der Waals surface area (Å²) in [5.74, 6) is -0.157. The van der Waals surface area contributed by atoms with Crippen LogP contribution in [0.15, 0.2) is 33.3 Å². The van der Waals surface area contributed by atoms with Crippen molar-refractivity contribution in [3.8, 4) is 0 Å². The van der Waals surface area contributed by atoms with E-state index in [2.05, 4.69) is 10.2 Å². The Labute approximate surface area is 133 Å². The van der Waals surface area contributed by atoms with Crippen molar-refractivity contribution in [2.24, 2.45) is 21.7 Å². The number of thioether (sulfide) groups is 1. The Morgan fingerprint density at radius 1 is 1.32 bits per heavy atom. The Hall–Kier alpha value is -2.09.